The summed E-state index contributed by atoms with van der Waals surface area (Å²) >= 11 is 0. The first-order valence-electron chi connectivity index (χ1n) is 5.64. The third-order valence-corrected chi connectivity index (χ3v) is 2.43. The van der Waals surface area contributed by atoms with Gasteiger partial charge in [-0.3, -0.25) is 9.78 Å². The maximum absolute atomic E-state index is 11.7. The molecule has 1 aromatic heterocycles. The van der Waals surface area contributed by atoms with E-state index in [2.05, 4.69) is 4.98 Å². The van der Waals surface area contributed by atoms with E-state index in [1.54, 1.807) is 42.5 Å². The van der Waals surface area contributed by atoms with Gasteiger partial charge < -0.3 is 10.5 Å². The predicted octanol–water partition coefficient (Wildman–Crippen LogP) is 1.70. The lowest BCUT2D eigenvalue weighted by Gasteiger charge is -2.04. The number of rotatable bonds is 4. The smallest absolute Gasteiger partial charge is 0.338 e. The van der Waals surface area contributed by atoms with Gasteiger partial charge in [-0.2, -0.15) is 0 Å². The van der Waals surface area contributed by atoms with Gasteiger partial charge in [0.1, 0.15) is 5.69 Å². The second kappa shape index (κ2) is 5.77. The van der Waals surface area contributed by atoms with Crippen molar-refractivity contribution in [2.24, 2.45) is 0 Å². The Labute approximate surface area is 110 Å². The second-order valence-electron chi connectivity index (χ2n) is 3.84. The molecule has 2 aromatic rings. The Hall–Kier alpha value is -2.69. The number of nitrogen functional groups attached to an aromatic ring is 1. The van der Waals surface area contributed by atoms with Gasteiger partial charge in [-0.15, -0.1) is 0 Å². The summed E-state index contributed by atoms with van der Waals surface area (Å²) in [6.45, 7) is -0.333. The van der Waals surface area contributed by atoms with E-state index >= 15 is 0 Å². The highest BCUT2D eigenvalue weighted by Gasteiger charge is 2.12. The molecule has 1 aromatic carbocycles. The third-order valence-electron chi connectivity index (χ3n) is 2.43. The van der Waals surface area contributed by atoms with Gasteiger partial charge in [-0.1, -0.05) is 6.07 Å². The third kappa shape index (κ3) is 3.38. The fourth-order valence-corrected chi connectivity index (χ4v) is 1.44. The molecular formula is C14H12N2O3. The summed E-state index contributed by atoms with van der Waals surface area (Å²) in [5.41, 5.74) is 6.69. The predicted molar refractivity (Wildman–Crippen MR) is 69.7 cm³/mol. The second-order valence-corrected chi connectivity index (χ2v) is 3.84. The van der Waals surface area contributed by atoms with Gasteiger partial charge in [0.05, 0.1) is 5.56 Å². The van der Waals surface area contributed by atoms with Crippen molar-refractivity contribution in [1.29, 1.82) is 0 Å². The Morgan fingerprint density at radius 2 is 1.84 bits per heavy atom. The molecule has 0 saturated heterocycles. The van der Waals surface area contributed by atoms with Crippen molar-refractivity contribution in [3.8, 4) is 0 Å². The van der Waals surface area contributed by atoms with Gasteiger partial charge >= 0.3 is 5.97 Å². The fraction of sp³-hybridized carbons (Fsp3) is 0.0714. The van der Waals surface area contributed by atoms with E-state index in [0.717, 1.165) is 0 Å². The number of hydrogen-bond acceptors (Lipinski definition) is 5. The van der Waals surface area contributed by atoms with E-state index in [4.69, 9.17) is 10.5 Å². The first kappa shape index (κ1) is 12.8. The molecule has 0 unspecified atom stereocenters. The molecule has 0 aliphatic heterocycles. The summed E-state index contributed by atoms with van der Waals surface area (Å²) in [7, 11) is 0. The molecule has 0 aliphatic carbocycles. The molecule has 96 valence electrons. The summed E-state index contributed by atoms with van der Waals surface area (Å²) in [5.74, 6) is -0.909. The zero-order valence-electron chi connectivity index (χ0n) is 10.1. The summed E-state index contributed by atoms with van der Waals surface area (Å²) in [5, 5.41) is 0. The molecule has 0 atom stereocenters. The van der Waals surface area contributed by atoms with Crippen LogP contribution >= 0.6 is 0 Å². The Morgan fingerprint density at radius 1 is 1.11 bits per heavy atom. The molecule has 0 aliphatic rings. The number of pyridine rings is 1. The van der Waals surface area contributed by atoms with Crippen LogP contribution in [0, 0.1) is 0 Å². The maximum atomic E-state index is 11.7. The first-order valence-corrected chi connectivity index (χ1v) is 5.64. The van der Waals surface area contributed by atoms with Crippen LogP contribution in [0.15, 0.2) is 48.7 Å². The maximum Gasteiger partial charge on any atom is 0.338 e. The molecular weight excluding hydrogens is 244 g/mol. The van der Waals surface area contributed by atoms with E-state index in [9.17, 15) is 9.59 Å². The van der Waals surface area contributed by atoms with Gasteiger partial charge in [0, 0.05) is 11.9 Å². The lowest BCUT2D eigenvalue weighted by molar-refractivity contribution is 0.0473. The first-order chi connectivity index (χ1) is 9.16. The monoisotopic (exact) mass is 256 g/mol. The zero-order chi connectivity index (χ0) is 13.7. The number of nitrogens with two attached hydrogens (primary N) is 1. The molecule has 2 rings (SSSR count). The average Bonchev–Trinajstić information content (AvgIpc) is 2.46. The van der Waals surface area contributed by atoms with Crippen molar-refractivity contribution in [1.82, 2.24) is 4.98 Å². The number of aromatic nitrogens is 1. The standard InChI is InChI=1S/C14H12N2O3/c15-11-6-4-10(5-7-11)14(18)19-9-13(17)12-3-1-2-8-16-12/h1-8H,9,15H2. The zero-order valence-corrected chi connectivity index (χ0v) is 10.1. The summed E-state index contributed by atoms with van der Waals surface area (Å²) < 4.78 is 4.91. The highest BCUT2D eigenvalue weighted by atomic mass is 16.5. The molecule has 5 nitrogen and oxygen atoms in total. The number of nitrogens with zero attached hydrogens (tertiary/aromatic N) is 1. The van der Waals surface area contributed by atoms with Crippen LogP contribution in [0.5, 0.6) is 0 Å². The Morgan fingerprint density at radius 3 is 2.47 bits per heavy atom. The molecule has 0 fully saturated rings. The molecule has 0 amide bonds. The number of esters is 1. The molecule has 0 saturated carbocycles. The van der Waals surface area contributed by atoms with Crippen LogP contribution in [0.4, 0.5) is 5.69 Å². The van der Waals surface area contributed by atoms with Crippen molar-refractivity contribution in [2.75, 3.05) is 12.3 Å². The van der Waals surface area contributed by atoms with Crippen molar-refractivity contribution < 1.29 is 14.3 Å². The Bertz CT molecular complexity index is 579. The van der Waals surface area contributed by atoms with Gasteiger partial charge in [0.25, 0.3) is 0 Å². The number of benzene rings is 1. The normalized spacial score (nSPS) is 9.89. The van der Waals surface area contributed by atoms with Crippen LogP contribution in [0.3, 0.4) is 0 Å². The van der Waals surface area contributed by atoms with Crippen LogP contribution in [-0.2, 0) is 4.74 Å². The van der Waals surface area contributed by atoms with Crippen LogP contribution in [0.1, 0.15) is 20.8 Å². The molecule has 0 spiro atoms. The SMILES string of the molecule is Nc1ccc(C(=O)OCC(=O)c2ccccn2)cc1. The van der Waals surface area contributed by atoms with Crippen LogP contribution in [0.25, 0.3) is 0 Å². The average molecular weight is 256 g/mol. The Balaban J connectivity index is 1.94. The largest absolute Gasteiger partial charge is 0.454 e. The van der Waals surface area contributed by atoms with E-state index in [-0.39, 0.29) is 18.1 Å². The molecule has 0 bridgehead atoms. The number of ether oxygens (including phenoxy) is 1. The molecule has 0 radical (unpaired) electrons. The molecule has 19 heavy (non-hydrogen) atoms. The van der Waals surface area contributed by atoms with E-state index in [1.165, 1.54) is 6.20 Å². The number of anilines is 1. The van der Waals surface area contributed by atoms with Crippen molar-refractivity contribution in [3.05, 3.63) is 59.9 Å². The van der Waals surface area contributed by atoms with Crippen LogP contribution < -0.4 is 5.73 Å². The number of carbonyl (C=O) groups excluding carboxylic acids is 2. The van der Waals surface area contributed by atoms with Crippen molar-refractivity contribution >= 4 is 17.4 Å². The van der Waals surface area contributed by atoms with Crippen molar-refractivity contribution in [3.63, 3.8) is 0 Å². The molecule has 5 heteroatoms. The van der Waals surface area contributed by atoms with Gasteiger partial charge in [-0.05, 0) is 36.4 Å². The number of carbonyl (C=O) groups is 2. The van der Waals surface area contributed by atoms with Gasteiger partial charge in [-0.25, -0.2) is 4.79 Å². The number of ketones is 1. The van der Waals surface area contributed by atoms with Gasteiger partial charge in [0.2, 0.25) is 5.78 Å². The number of hydrogen-bond donors (Lipinski definition) is 1. The summed E-state index contributed by atoms with van der Waals surface area (Å²) in [6, 6.07) is 11.2. The Kier molecular flexibility index (Phi) is 3.87. The summed E-state index contributed by atoms with van der Waals surface area (Å²) in [6.07, 6.45) is 1.51. The molecule has 2 N–H and O–H groups in total. The van der Waals surface area contributed by atoms with Crippen LogP contribution in [0.2, 0.25) is 0 Å². The molecule has 1 heterocycles. The summed E-state index contributed by atoms with van der Waals surface area (Å²) in [4.78, 5) is 27.2. The van der Waals surface area contributed by atoms with E-state index in [1.807, 2.05) is 0 Å². The lowest BCUT2D eigenvalue weighted by Crippen LogP contribution is -2.15. The minimum atomic E-state index is -0.565. The van der Waals surface area contributed by atoms with Crippen molar-refractivity contribution in [2.45, 2.75) is 0 Å². The quantitative estimate of drug-likeness (QED) is 0.511. The highest BCUT2D eigenvalue weighted by molar-refractivity contribution is 5.98. The van der Waals surface area contributed by atoms with Gasteiger partial charge in [0.15, 0.2) is 6.61 Å². The van der Waals surface area contributed by atoms with E-state index < -0.39 is 5.97 Å². The minimum Gasteiger partial charge on any atom is -0.454 e. The minimum absolute atomic E-state index is 0.271. The van der Waals surface area contributed by atoms with Crippen LogP contribution in [-0.4, -0.2) is 23.3 Å². The topological polar surface area (TPSA) is 82.3 Å². The fourth-order valence-electron chi connectivity index (χ4n) is 1.44. The number of Topliss-reactive ketones (excluding diaryl/α,β-unsaturated/α-hetero) is 1. The van der Waals surface area contributed by atoms with E-state index in [0.29, 0.717) is 11.3 Å². The lowest BCUT2D eigenvalue weighted by atomic mass is 10.2. The highest BCUT2D eigenvalue weighted by Crippen LogP contribution is 2.07.